The first-order valence-corrected chi connectivity index (χ1v) is 6.72. The lowest BCUT2D eigenvalue weighted by atomic mass is 10.2. The van der Waals surface area contributed by atoms with Crippen LogP contribution in [0, 0.1) is 19.3 Å². The Morgan fingerprint density at radius 2 is 1.95 bits per heavy atom. The first-order valence-electron chi connectivity index (χ1n) is 6.34. The van der Waals surface area contributed by atoms with Gasteiger partial charge in [0.05, 0.1) is 0 Å². The van der Waals surface area contributed by atoms with Crippen LogP contribution in [0.15, 0.2) is 42.5 Å². The van der Waals surface area contributed by atoms with Crippen molar-refractivity contribution in [2.24, 2.45) is 0 Å². The monoisotopic (exact) mass is 285 g/mol. The molecule has 20 heavy (non-hydrogen) atoms. The van der Waals surface area contributed by atoms with Gasteiger partial charge in [0.25, 0.3) is 0 Å². The first-order chi connectivity index (χ1) is 9.69. The fourth-order valence-electron chi connectivity index (χ4n) is 1.82. The van der Waals surface area contributed by atoms with E-state index in [4.69, 9.17) is 22.8 Å². The molecule has 0 aliphatic rings. The summed E-state index contributed by atoms with van der Waals surface area (Å²) < 4.78 is 5.51. The van der Waals surface area contributed by atoms with E-state index in [0.29, 0.717) is 11.6 Å². The normalized spacial score (nSPS) is 9.85. The van der Waals surface area contributed by atoms with Gasteiger partial charge in [-0.05, 0) is 37.3 Å². The molecule has 0 unspecified atom stereocenters. The van der Waals surface area contributed by atoms with Gasteiger partial charge in [-0.2, -0.15) is 0 Å². The Hall–Kier alpha value is -2.11. The highest BCUT2D eigenvalue weighted by molar-refractivity contribution is 6.30. The van der Waals surface area contributed by atoms with Gasteiger partial charge in [0.2, 0.25) is 0 Å². The number of hydrogen-bond donors (Lipinski definition) is 1. The molecular weight excluding hydrogens is 270 g/mol. The summed E-state index contributed by atoms with van der Waals surface area (Å²) in [5, 5.41) is 4.02. The Bertz CT molecular complexity index is 614. The number of hydrogen-bond acceptors (Lipinski definition) is 2. The van der Waals surface area contributed by atoms with Gasteiger partial charge in [0, 0.05) is 22.8 Å². The minimum Gasteiger partial charge on any atom is -0.481 e. The van der Waals surface area contributed by atoms with Crippen LogP contribution in [-0.2, 0) is 6.54 Å². The predicted molar refractivity (Wildman–Crippen MR) is 84.3 cm³/mol. The van der Waals surface area contributed by atoms with E-state index < -0.39 is 0 Å². The fraction of sp³-hybridized carbons (Fsp3) is 0.176. The summed E-state index contributed by atoms with van der Waals surface area (Å²) in [6.45, 7) is 2.94. The number of benzene rings is 2. The predicted octanol–water partition coefficient (Wildman–Crippen LogP) is 4.27. The molecule has 2 aromatic rings. The third-order valence-electron chi connectivity index (χ3n) is 2.87. The van der Waals surface area contributed by atoms with Crippen molar-refractivity contribution in [2.45, 2.75) is 13.5 Å². The van der Waals surface area contributed by atoms with Crippen LogP contribution in [0.25, 0.3) is 0 Å². The van der Waals surface area contributed by atoms with Crippen LogP contribution in [0.1, 0.15) is 11.1 Å². The zero-order chi connectivity index (χ0) is 14.4. The van der Waals surface area contributed by atoms with Crippen LogP contribution in [-0.4, -0.2) is 6.61 Å². The van der Waals surface area contributed by atoms with Crippen LogP contribution >= 0.6 is 11.6 Å². The van der Waals surface area contributed by atoms with Crippen LogP contribution in [0.2, 0.25) is 5.02 Å². The van der Waals surface area contributed by atoms with Gasteiger partial charge in [-0.3, -0.25) is 0 Å². The standard InChI is InChI=1S/C17H16ClNO/c1-3-10-20-17-9-6-15(18)11-14(17)12-19-16-7-4-13(2)5-8-16/h1,4-9,11,19H,10,12H2,2H3. The quantitative estimate of drug-likeness (QED) is 0.828. The maximum atomic E-state index is 6.03. The highest BCUT2D eigenvalue weighted by atomic mass is 35.5. The molecular formula is C17H16ClNO. The minimum atomic E-state index is 0.249. The zero-order valence-corrected chi connectivity index (χ0v) is 12.1. The third-order valence-corrected chi connectivity index (χ3v) is 3.10. The van der Waals surface area contributed by atoms with Crippen LogP contribution < -0.4 is 10.1 Å². The topological polar surface area (TPSA) is 21.3 Å². The Labute approximate surface area is 124 Å². The summed E-state index contributed by atoms with van der Waals surface area (Å²) in [6.07, 6.45) is 5.22. The molecule has 0 radical (unpaired) electrons. The van der Waals surface area contributed by atoms with Crippen LogP contribution in [0.3, 0.4) is 0 Å². The number of halogens is 1. The van der Waals surface area contributed by atoms with Gasteiger partial charge < -0.3 is 10.1 Å². The molecule has 3 heteroatoms. The molecule has 0 atom stereocenters. The average Bonchev–Trinajstić information content (AvgIpc) is 2.46. The second-order valence-electron chi connectivity index (χ2n) is 4.46. The summed E-state index contributed by atoms with van der Waals surface area (Å²) in [5.74, 6) is 3.22. The van der Waals surface area contributed by atoms with E-state index in [9.17, 15) is 0 Å². The highest BCUT2D eigenvalue weighted by Crippen LogP contribution is 2.24. The Kier molecular flexibility index (Phi) is 4.92. The van der Waals surface area contributed by atoms with E-state index >= 15 is 0 Å². The summed E-state index contributed by atoms with van der Waals surface area (Å²) >= 11 is 6.03. The van der Waals surface area contributed by atoms with Crippen molar-refractivity contribution in [3.63, 3.8) is 0 Å². The first kappa shape index (κ1) is 14.3. The van der Waals surface area contributed by atoms with E-state index in [2.05, 4.69) is 30.3 Å². The van der Waals surface area contributed by atoms with Gasteiger partial charge in [0.1, 0.15) is 12.4 Å². The van der Waals surface area contributed by atoms with E-state index in [-0.39, 0.29) is 6.61 Å². The average molecular weight is 286 g/mol. The molecule has 0 amide bonds. The van der Waals surface area contributed by atoms with Gasteiger partial charge in [-0.1, -0.05) is 35.2 Å². The van der Waals surface area contributed by atoms with Crippen molar-refractivity contribution in [1.29, 1.82) is 0 Å². The molecule has 2 aromatic carbocycles. The molecule has 0 aromatic heterocycles. The van der Waals surface area contributed by atoms with Gasteiger partial charge in [0.15, 0.2) is 0 Å². The van der Waals surface area contributed by atoms with Crippen molar-refractivity contribution in [2.75, 3.05) is 11.9 Å². The van der Waals surface area contributed by atoms with Crippen molar-refractivity contribution in [1.82, 2.24) is 0 Å². The zero-order valence-electron chi connectivity index (χ0n) is 11.3. The number of terminal acetylenes is 1. The number of nitrogens with one attached hydrogen (secondary N) is 1. The van der Waals surface area contributed by atoms with E-state index in [1.807, 2.05) is 24.3 Å². The molecule has 0 aliphatic carbocycles. The smallest absolute Gasteiger partial charge is 0.148 e. The second kappa shape index (κ2) is 6.88. The summed E-state index contributed by atoms with van der Waals surface area (Å²) in [7, 11) is 0. The third kappa shape index (κ3) is 3.94. The van der Waals surface area contributed by atoms with Crippen LogP contribution in [0.5, 0.6) is 5.75 Å². The largest absolute Gasteiger partial charge is 0.481 e. The lowest BCUT2D eigenvalue weighted by Gasteiger charge is -2.12. The minimum absolute atomic E-state index is 0.249. The summed E-state index contributed by atoms with van der Waals surface area (Å²) in [4.78, 5) is 0. The van der Waals surface area contributed by atoms with Crippen LogP contribution in [0.4, 0.5) is 5.69 Å². The molecule has 2 rings (SSSR count). The molecule has 0 saturated carbocycles. The second-order valence-corrected chi connectivity index (χ2v) is 4.90. The Morgan fingerprint density at radius 3 is 2.65 bits per heavy atom. The molecule has 0 fully saturated rings. The number of rotatable bonds is 5. The molecule has 0 saturated heterocycles. The van der Waals surface area contributed by atoms with Gasteiger partial charge in [-0.15, -0.1) is 6.42 Å². The van der Waals surface area contributed by atoms with E-state index in [1.54, 1.807) is 6.07 Å². The van der Waals surface area contributed by atoms with E-state index in [0.717, 1.165) is 17.0 Å². The maximum Gasteiger partial charge on any atom is 0.148 e. The molecule has 102 valence electrons. The fourth-order valence-corrected chi connectivity index (χ4v) is 2.01. The summed E-state index contributed by atoms with van der Waals surface area (Å²) in [6, 6.07) is 13.7. The Morgan fingerprint density at radius 1 is 1.20 bits per heavy atom. The molecule has 2 nitrogen and oxygen atoms in total. The lowest BCUT2D eigenvalue weighted by molar-refractivity contribution is 0.366. The molecule has 0 spiro atoms. The maximum absolute atomic E-state index is 6.03. The Balaban J connectivity index is 2.09. The van der Waals surface area contributed by atoms with Crippen molar-refractivity contribution < 1.29 is 4.74 Å². The number of anilines is 1. The SMILES string of the molecule is C#CCOc1ccc(Cl)cc1CNc1ccc(C)cc1. The van der Waals surface area contributed by atoms with Crippen molar-refractivity contribution >= 4 is 17.3 Å². The highest BCUT2D eigenvalue weighted by Gasteiger charge is 2.04. The molecule has 0 bridgehead atoms. The molecule has 0 heterocycles. The summed E-state index contributed by atoms with van der Waals surface area (Å²) in [5.41, 5.74) is 3.27. The van der Waals surface area contributed by atoms with Crippen molar-refractivity contribution in [3.8, 4) is 18.1 Å². The number of ether oxygens (including phenoxy) is 1. The van der Waals surface area contributed by atoms with E-state index in [1.165, 1.54) is 5.56 Å². The van der Waals surface area contributed by atoms with Crippen molar-refractivity contribution in [3.05, 3.63) is 58.6 Å². The number of aryl methyl sites for hydroxylation is 1. The molecule has 1 N–H and O–H groups in total. The molecule has 0 aliphatic heterocycles. The van der Waals surface area contributed by atoms with Gasteiger partial charge in [-0.25, -0.2) is 0 Å². The lowest BCUT2D eigenvalue weighted by Crippen LogP contribution is -2.03. The van der Waals surface area contributed by atoms with Gasteiger partial charge >= 0.3 is 0 Å².